The van der Waals surface area contributed by atoms with Crippen molar-refractivity contribution in [3.8, 4) is 5.75 Å². The molecule has 2 nitrogen and oxygen atoms in total. The number of carbonyl (C=O) groups excluding carboxylic acids is 1. The summed E-state index contributed by atoms with van der Waals surface area (Å²) in [5, 5.41) is 0. The van der Waals surface area contributed by atoms with E-state index in [1.807, 2.05) is 12.1 Å². The van der Waals surface area contributed by atoms with E-state index in [9.17, 15) is 4.79 Å². The smallest absolute Gasteiger partial charge is 0.139 e. The van der Waals surface area contributed by atoms with E-state index in [4.69, 9.17) is 4.74 Å². The van der Waals surface area contributed by atoms with Gasteiger partial charge in [0.25, 0.3) is 0 Å². The van der Waals surface area contributed by atoms with E-state index in [0.29, 0.717) is 24.7 Å². The number of hydrogen-bond donors (Lipinski definition) is 0. The largest absolute Gasteiger partial charge is 0.493 e. The molecule has 0 amide bonds. The molecule has 0 N–H and O–H groups in total. The fourth-order valence-electron chi connectivity index (χ4n) is 1.70. The fourth-order valence-corrected chi connectivity index (χ4v) is 1.70. The van der Waals surface area contributed by atoms with Crippen molar-refractivity contribution in [3.05, 3.63) is 29.8 Å². The number of ketones is 1. The van der Waals surface area contributed by atoms with Gasteiger partial charge in [-0.2, -0.15) is 0 Å². The Balaban J connectivity index is 1.73. The van der Waals surface area contributed by atoms with Crippen molar-refractivity contribution in [2.75, 3.05) is 6.61 Å². The van der Waals surface area contributed by atoms with Gasteiger partial charge in [0.2, 0.25) is 0 Å². The molecule has 0 spiro atoms. The minimum absolute atomic E-state index is 0.353. The van der Waals surface area contributed by atoms with Crippen molar-refractivity contribution in [2.45, 2.75) is 32.6 Å². The Bertz CT molecular complexity index is 350. The number of hydrogen-bond acceptors (Lipinski definition) is 2. The van der Waals surface area contributed by atoms with Crippen LogP contribution < -0.4 is 4.74 Å². The number of Topliss-reactive ketones (excluding diaryl/α,β-unsaturated/α-hetero) is 1. The van der Waals surface area contributed by atoms with E-state index in [-0.39, 0.29) is 0 Å². The Morgan fingerprint density at radius 3 is 2.56 bits per heavy atom. The average molecular weight is 218 g/mol. The molecule has 0 heterocycles. The van der Waals surface area contributed by atoms with Crippen LogP contribution in [0.3, 0.4) is 0 Å². The summed E-state index contributed by atoms with van der Waals surface area (Å²) in [7, 11) is 0. The van der Waals surface area contributed by atoms with Crippen molar-refractivity contribution >= 4 is 5.78 Å². The molecule has 0 aromatic heterocycles. The van der Waals surface area contributed by atoms with Gasteiger partial charge in [0.05, 0.1) is 6.61 Å². The van der Waals surface area contributed by atoms with Crippen LogP contribution in [0.4, 0.5) is 0 Å². The third-order valence-corrected chi connectivity index (χ3v) is 2.98. The number of benzene rings is 1. The van der Waals surface area contributed by atoms with E-state index < -0.39 is 0 Å². The summed E-state index contributed by atoms with van der Waals surface area (Å²) >= 11 is 0. The molecule has 0 atom stereocenters. The van der Waals surface area contributed by atoms with Gasteiger partial charge < -0.3 is 4.74 Å². The maximum atomic E-state index is 11.4. The number of ether oxygens (including phenoxy) is 1. The molecular formula is C14H18O2. The minimum atomic E-state index is 0.353. The highest BCUT2D eigenvalue weighted by atomic mass is 16.5. The van der Waals surface area contributed by atoms with Crippen LogP contribution in [0.2, 0.25) is 0 Å². The molecule has 2 heteroatoms. The molecule has 1 aliphatic carbocycles. The molecule has 0 aliphatic heterocycles. The fraction of sp³-hybridized carbons (Fsp3) is 0.500. The van der Waals surface area contributed by atoms with Gasteiger partial charge in [-0.15, -0.1) is 0 Å². The second kappa shape index (κ2) is 5.15. The quantitative estimate of drug-likeness (QED) is 0.733. The summed E-state index contributed by atoms with van der Waals surface area (Å²) < 4.78 is 5.53. The minimum Gasteiger partial charge on any atom is -0.493 e. The molecule has 2 rings (SSSR count). The predicted octanol–water partition coefficient (Wildman–Crippen LogP) is 3.00. The second-order valence-electron chi connectivity index (χ2n) is 4.34. The molecule has 1 aromatic rings. The van der Waals surface area contributed by atoms with Gasteiger partial charge in [0, 0.05) is 12.3 Å². The van der Waals surface area contributed by atoms with E-state index in [1.165, 1.54) is 5.56 Å². The summed E-state index contributed by atoms with van der Waals surface area (Å²) in [5.74, 6) is 1.58. The molecule has 1 aromatic carbocycles. The summed E-state index contributed by atoms with van der Waals surface area (Å²) in [4.78, 5) is 11.4. The third kappa shape index (κ3) is 3.09. The molecule has 16 heavy (non-hydrogen) atoms. The lowest BCUT2D eigenvalue weighted by Gasteiger charge is -2.05. The first-order chi connectivity index (χ1) is 7.79. The number of aryl methyl sites for hydroxylation is 1. The summed E-state index contributed by atoms with van der Waals surface area (Å²) in [6, 6.07) is 8.08. The third-order valence-electron chi connectivity index (χ3n) is 2.98. The maximum Gasteiger partial charge on any atom is 0.139 e. The zero-order valence-corrected chi connectivity index (χ0v) is 9.74. The molecule has 0 radical (unpaired) electrons. The second-order valence-corrected chi connectivity index (χ2v) is 4.34. The van der Waals surface area contributed by atoms with Crippen LogP contribution in [0.1, 0.15) is 31.7 Å². The van der Waals surface area contributed by atoms with E-state index in [0.717, 1.165) is 25.0 Å². The lowest BCUT2D eigenvalue weighted by Crippen LogP contribution is -2.07. The van der Waals surface area contributed by atoms with Gasteiger partial charge in [-0.25, -0.2) is 0 Å². The van der Waals surface area contributed by atoms with Crippen LogP contribution in [-0.2, 0) is 11.2 Å². The lowest BCUT2D eigenvalue weighted by atomic mass is 10.2. The van der Waals surface area contributed by atoms with Gasteiger partial charge >= 0.3 is 0 Å². The molecule has 1 saturated carbocycles. The van der Waals surface area contributed by atoms with Gasteiger partial charge in [-0.3, -0.25) is 4.79 Å². The van der Waals surface area contributed by atoms with Crippen LogP contribution in [0.25, 0.3) is 0 Å². The highest BCUT2D eigenvalue weighted by Crippen LogP contribution is 2.30. The van der Waals surface area contributed by atoms with Crippen molar-refractivity contribution in [2.24, 2.45) is 5.92 Å². The van der Waals surface area contributed by atoms with Gasteiger partial charge in [0.1, 0.15) is 11.5 Å². The zero-order chi connectivity index (χ0) is 11.4. The standard InChI is InChI=1S/C14H18O2/c1-2-11-3-7-13(8-4-11)16-10-9-14(15)12-5-6-12/h3-4,7-8,12H,2,5-6,9-10H2,1H3. The number of carbonyl (C=O) groups is 1. The Hall–Kier alpha value is -1.31. The highest BCUT2D eigenvalue weighted by Gasteiger charge is 2.28. The molecule has 0 unspecified atom stereocenters. The first-order valence-electron chi connectivity index (χ1n) is 6.04. The molecule has 0 bridgehead atoms. The van der Waals surface area contributed by atoms with Crippen LogP contribution in [-0.4, -0.2) is 12.4 Å². The Kier molecular flexibility index (Phi) is 3.60. The maximum absolute atomic E-state index is 11.4. The SMILES string of the molecule is CCc1ccc(OCCC(=O)C2CC2)cc1. The van der Waals surface area contributed by atoms with Crippen molar-refractivity contribution in [1.29, 1.82) is 0 Å². The normalized spacial score (nSPS) is 14.8. The number of rotatable bonds is 6. The summed E-state index contributed by atoms with van der Waals surface area (Å²) in [5.41, 5.74) is 1.31. The highest BCUT2D eigenvalue weighted by molar-refractivity contribution is 5.83. The van der Waals surface area contributed by atoms with Crippen molar-refractivity contribution < 1.29 is 9.53 Å². The Labute approximate surface area is 96.6 Å². The Morgan fingerprint density at radius 2 is 2.00 bits per heavy atom. The summed E-state index contributed by atoms with van der Waals surface area (Å²) in [6.07, 6.45) is 3.77. The predicted molar refractivity (Wildman–Crippen MR) is 63.7 cm³/mol. The first kappa shape index (κ1) is 11.2. The molecular weight excluding hydrogens is 200 g/mol. The van der Waals surface area contributed by atoms with Crippen LogP contribution in [0.15, 0.2) is 24.3 Å². The van der Waals surface area contributed by atoms with Crippen LogP contribution in [0.5, 0.6) is 5.75 Å². The average Bonchev–Trinajstić information content (AvgIpc) is 3.14. The molecule has 0 saturated heterocycles. The lowest BCUT2D eigenvalue weighted by molar-refractivity contribution is -0.120. The van der Waals surface area contributed by atoms with E-state index in [2.05, 4.69) is 19.1 Å². The van der Waals surface area contributed by atoms with E-state index in [1.54, 1.807) is 0 Å². The zero-order valence-electron chi connectivity index (χ0n) is 9.74. The Morgan fingerprint density at radius 1 is 1.31 bits per heavy atom. The van der Waals surface area contributed by atoms with Crippen molar-refractivity contribution in [1.82, 2.24) is 0 Å². The summed E-state index contributed by atoms with van der Waals surface area (Å²) in [6.45, 7) is 2.64. The molecule has 86 valence electrons. The monoisotopic (exact) mass is 218 g/mol. The van der Waals surface area contributed by atoms with Crippen LogP contribution in [0, 0.1) is 5.92 Å². The van der Waals surface area contributed by atoms with Gasteiger partial charge in [0.15, 0.2) is 0 Å². The van der Waals surface area contributed by atoms with E-state index >= 15 is 0 Å². The first-order valence-corrected chi connectivity index (χ1v) is 6.04. The van der Waals surface area contributed by atoms with Gasteiger partial charge in [-0.05, 0) is 37.0 Å². The molecule has 1 fully saturated rings. The van der Waals surface area contributed by atoms with Crippen molar-refractivity contribution in [3.63, 3.8) is 0 Å². The topological polar surface area (TPSA) is 26.3 Å². The van der Waals surface area contributed by atoms with Crippen LogP contribution >= 0.6 is 0 Å². The molecule has 1 aliphatic rings. The van der Waals surface area contributed by atoms with Gasteiger partial charge in [-0.1, -0.05) is 19.1 Å².